The van der Waals surface area contributed by atoms with Gasteiger partial charge >= 0.3 is 0 Å². The van der Waals surface area contributed by atoms with E-state index >= 15 is 0 Å². The molecule has 98 valence electrons. The predicted molar refractivity (Wildman–Crippen MR) is 82.2 cm³/mol. The Morgan fingerprint density at radius 2 is 1.21 bits per heavy atom. The molecule has 0 aromatic heterocycles. The lowest BCUT2D eigenvalue weighted by molar-refractivity contribution is 0.257. The smallest absolute Gasteiger partial charge is 0.0897 e. The van der Waals surface area contributed by atoms with Gasteiger partial charge in [-0.25, -0.2) is 0 Å². The predicted octanol–water partition coefficient (Wildman–Crippen LogP) is 4.07. The van der Waals surface area contributed by atoms with Gasteiger partial charge in [0.2, 0.25) is 0 Å². The molecule has 1 nitrogen and oxygen atoms in total. The van der Waals surface area contributed by atoms with Gasteiger partial charge in [-0.15, -0.1) is 0 Å². The Morgan fingerprint density at radius 3 is 1.53 bits per heavy atom. The SMILES string of the molecule is CC=CC(c1ccccc1)(c1ccccc1)N(C)C. The van der Waals surface area contributed by atoms with E-state index in [1.165, 1.54) is 11.1 Å². The van der Waals surface area contributed by atoms with E-state index in [-0.39, 0.29) is 5.54 Å². The molecule has 0 amide bonds. The van der Waals surface area contributed by atoms with Crippen LogP contribution in [-0.2, 0) is 5.54 Å². The lowest BCUT2D eigenvalue weighted by Gasteiger charge is -2.38. The Labute approximate surface area is 116 Å². The Hall–Kier alpha value is -1.86. The fourth-order valence-corrected chi connectivity index (χ4v) is 2.65. The number of benzene rings is 2. The fourth-order valence-electron chi connectivity index (χ4n) is 2.65. The van der Waals surface area contributed by atoms with E-state index in [2.05, 4.69) is 98.7 Å². The van der Waals surface area contributed by atoms with Crippen LogP contribution in [0.15, 0.2) is 72.8 Å². The van der Waals surface area contributed by atoms with E-state index < -0.39 is 0 Å². The highest BCUT2D eigenvalue weighted by Crippen LogP contribution is 2.35. The molecule has 0 aliphatic carbocycles. The van der Waals surface area contributed by atoms with Crippen LogP contribution in [0.4, 0.5) is 0 Å². The Morgan fingerprint density at radius 1 is 0.789 bits per heavy atom. The first-order valence-corrected chi connectivity index (χ1v) is 6.64. The van der Waals surface area contributed by atoms with Crippen molar-refractivity contribution in [1.29, 1.82) is 0 Å². The van der Waals surface area contributed by atoms with Crippen molar-refractivity contribution < 1.29 is 0 Å². The number of hydrogen-bond acceptors (Lipinski definition) is 1. The van der Waals surface area contributed by atoms with Crippen LogP contribution in [0.3, 0.4) is 0 Å². The summed E-state index contributed by atoms with van der Waals surface area (Å²) in [6, 6.07) is 21.3. The summed E-state index contributed by atoms with van der Waals surface area (Å²) in [4.78, 5) is 2.26. The number of hydrogen-bond donors (Lipinski definition) is 0. The Bertz CT molecular complexity index is 487. The quantitative estimate of drug-likeness (QED) is 0.740. The molecule has 2 aromatic carbocycles. The van der Waals surface area contributed by atoms with Crippen LogP contribution in [0.25, 0.3) is 0 Å². The number of rotatable bonds is 4. The van der Waals surface area contributed by atoms with Crippen molar-refractivity contribution in [2.45, 2.75) is 12.5 Å². The molecule has 0 unspecified atom stereocenters. The van der Waals surface area contributed by atoms with Crippen LogP contribution in [0.5, 0.6) is 0 Å². The van der Waals surface area contributed by atoms with E-state index in [4.69, 9.17) is 0 Å². The minimum Gasteiger partial charge on any atom is -0.293 e. The van der Waals surface area contributed by atoms with Gasteiger partial charge in [-0.05, 0) is 32.1 Å². The van der Waals surface area contributed by atoms with Crippen molar-refractivity contribution in [3.8, 4) is 0 Å². The molecular weight excluding hydrogens is 230 g/mol. The topological polar surface area (TPSA) is 3.24 Å². The molecule has 0 aliphatic heterocycles. The highest BCUT2D eigenvalue weighted by Gasteiger charge is 2.33. The third kappa shape index (κ3) is 2.47. The van der Waals surface area contributed by atoms with Crippen LogP contribution < -0.4 is 0 Å². The van der Waals surface area contributed by atoms with Crippen molar-refractivity contribution >= 4 is 0 Å². The second-order valence-corrected chi connectivity index (χ2v) is 4.89. The molecule has 0 saturated carbocycles. The number of likely N-dealkylation sites (N-methyl/N-ethyl adjacent to an activating group) is 1. The molecule has 19 heavy (non-hydrogen) atoms. The highest BCUT2D eigenvalue weighted by atomic mass is 15.1. The lowest BCUT2D eigenvalue weighted by atomic mass is 9.81. The van der Waals surface area contributed by atoms with Crippen LogP contribution in [0, 0.1) is 0 Å². The molecule has 0 radical (unpaired) electrons. The average Bonchev–Trinajstić information content (AvgIpc) is 2.46. The summed E-state index contributed by atoms with van der Waals surface area (Å²) in [5, 5.41) is 0. The maximum atomic E-state index is 2.26. The first kappa shape index (κ1) is 13.6. The van der Waals surface area contributed by atoms with Crippen molar-refractivity contribution in [1.82, 2.24) is 4.90 Å². The Balaban J connectivity index is 2.69. The van der Waals surface area contributed by atoms with Crippen LogP contribution in [0.2, 0.25) is 0 Å². The molecule has 0 bridgehead atoms. The van der Waals surface area contributed by atoms with Gasteiger partial charge in [0, 0.05) is 0 Å². The molecule has 0 fully saturated rings. The number of nitrogens with zero attached hydrogens (tertiary/aromatic N) is 1. The van der Waals surface area contributed by atoms with Crippen LogP contribution in [0.1, 0.15) is 18.1 Å². The second-order valence-electron chi connectivity index (χ2n) is 4.89. The van der Waals surface area contributed by atoms with Gasteiger partial charge < -0.3 is 0 Å². The second kappa shape index (κ2) is 5.85. The average molecular weight is 251 g/mol. The third-order valence-electron chi connectivity index (χ3n) is 3.54. The normalized spacial score (nSPS) is 12.2. The molecule has 2 aromatic rings. The molecule has 0 atom stereocenters. The maximum Gasteiger partial charge on any atom is 0.0897 e. The molecule has 0 heterocycles. The molecule has 0 spiro atoms. The van der Waals surface area contributed by atoms with Crippen molar-refractivity contribution in [3.05, 3.63) is 83.9 Å². The monoisotopic (exact) mass is 251 g/mol. The van der Waals surface area contributed by atoms with Gasteiger partial charge in [0.1, 0.15) is 0 Å². The summed E-state index contributed by atoms with van der Waals surface area (Å²) in [6.07, 6.45) is 4.39. The first-order valence-electron chi connectivity index (χ1n) is 6.64. The lowest BCUT2D eigenvalue weighted by Crippen LogP contribution is -2.40. The molecular formula is C18H21N. The first-order chi connectivity index (χ1) is 9.21. The zero-order valence-corrected chi connectivity index (χ0v) is 11.9. The summed E-state index contributed by atoms with van der Waals surface area (Å²) < 4.78 is 0. The van der Waals surface area contributed by atoms with Crippen LogP contribution >= 0.6 is 0 Å². The number of allylic oxidation sites excluding steroid dienone is 1. The Kier molecular flexibility index (Phi) is 4.18. The summed E-state index contributed by atoms with van der Waals surface area (Å²) in [7, 11) is 4.25. The minimum atomic E-state index is -0.211. The fraction of sp³-hybridized carbons (Fsp3) is 0.222. The highest BCUT2D eigenvalue weighted by molar-refractivity contribution is 5.43. The summed E-state index contributed by atoms with van der Waals surface area (Å²) >= 11 is 0. The van der Waals surface area contributed by atoms with E-state index in [0.717, 1.165) is 0 Å². The molecule has 0 saturated heterocycles. The van der Waals surface area contributed by atoms with E-state index in [0.29, 0.717) is 0 Å². The standard InChI is InChI=1S/C18H21N/c1-4-15-18(19(2)3,16-11-7-5-8-12-16)17-13-9-6-10-14-17/h4-15H,1-3H3. The van der Waals surface area contributed by atoms with Gasteiger partial charge in [0.25, 0.3) is 0 Å². The van der Waals surface area contributed by atoms with Gasteiger partial charge in [0.05, 0.1) is 5.54 Å². The zero-order valence-electron chi connectivity index (χ0n) is 11.9. The largest absolute Gasteiger partial charge is 0.293 e. The van der Waals surface area contributed by atoms with Gasteiger partial charge in [-0.2, -0.15) is 0 Å². The van der Waals surface area contributed by atoms with Crippen molar-refractivity contribution in [3.63, 3.8) is 0 Å². The van der Waals surface area contributed by atoms with Crippen LogP contribution in [-0.4, -0.2) is 19.0 Å². The van der Waals surface area contributed by atoms with Gasteiger partial charge in [-0.1, -0.05) is 72.8 Å². The maximum absolute atomic E-state index is 2.26. The summed E-state index contributed by atoms with van der Waals surface area (Å²) in [6.45, 7) is 2.07. The van der Waals surface area contributed by atoms with E-state index in [9.17, 15) is 0 Å². The zero-order chi connectivity index (χ0) is 13.7. The molecule has 1 heteroatoms. The van der Waals surface area contributed by atoms with Crippen molar-refractivity contribution in [2.24, 2.45) is 0 Å². The molecule has 2 rings (SSSR count). The van der Waals surface area contributed by atoms with E-state index in [1.54, 1.807) is 0 Å². The minimum absolute atomic E-state index is 0.211. The van der Waals surface area contributed by atoms with Gasteiger partial charge in [-0.3, -0.25) is 4.90 Å². The van der Waals surface area contributed by atoms with Gasteiger partial charge in [0.15, 0.2) is 0 Å². The third-order valence-corrected chi connectivity index (χ3v) is 3.54. The molecule has 0 N–H and O–H groups in total. The molecule has 0 aliphatic rings. The summed E-state index contributed by atoms with van der Waals surface area (Å²) in [5.41, 5.74) is 2.35. The van der Waals surface area contributed by atoms with E-state index in [1.807, 2.05) is 0 Å². The summed E-state index contributed by atoms with van der Waals surface area (Å²) in [5.74, 6) is 0. The van der Waals surface area contributed by atoms with Crippen molar-refractivity contribution in [2.75, 3.05) is 14.1 Å².